The predicted octanol–water partition coefficient (Wildman–Crippen LogP) is 4.32. The summed E-state index contributed by atoms with van der Waals surface area (Å²) in [6.45, 7) is 1.91. The standard InChI is InChI=1S/C17H19NO/c1-12-9-10-14(11-17(12)19)18-16-8-4-6-13-5-2-3-7-15(13)16/h4,6,8-11,18-19H,2-3,5,7H2,1H3. The molecule has 3 rings (SSSR count). The summed E-state index contributed by atoms with van der Waals surface area (Å²) in [6.07, 6.45) is 4.90. The third-order valence-electron chi connectivity index (χ3n) is 3.88. The minimum atomic E-state index is 0.342. The van der Waals surface area contributed by atoms with E-state index in [4.69, 9.17) is 0 Å². The van der Waals surface area contributed by atoms with Crippen molar-refractivity contribution in [2.24, 2.45) is 0 Å². The van der Waals surface area contributed by atoms with E-state index in [1.807, 2.05) is 19.1 Å². The van der Waals surface area contributed by atoms with E-state index >= 15 is 0 Å². The number of hydrogen-bond acceptors (Lipinski definition) is 2. The molecule has 0 heterocycles. The number of phenols is 1. The number of fused-ring (bicyclic) bond motifs is 1. The Hall–Kier alpha value is -1.96. The van der Waals surface area contributed by atoms with Gasteiger partial charge in [-0.05, 0) is 61.4 Å². The van der Waals surface area contributed by atoms with Crippen molar-refractivity contribution in [3.05, 3.63) is 53.1 Å². The van der Waals surface area contributed by atoms with Crippen LogP contribution < -0.4 is 5.32 Å². The SMILES string of the molecule is Cc1ccc(Nc2cccc3c2CCCC3)cc1O. The molecule has 0 atom stereocenters. The first-order chi connectivity index (χ1) is 9.24. The summed E-state index contributed by atoms with van der Waals surface area (Å²) >= 11 is 0. The van der Waals surface area contributed by atoms with E-state index in [0.29, 0.717) is 5.75 Å². The fraction of sp³-hybridized carbons (Fsp3) is 0.294. The van der Waals surface area contributed by atoms with E-state index < -0.39 is 0 Å². The number of benzene rings is 2. The Bertz CT molecular complexity index is 604. The summed E-state index contributed by atoms with van der Waals surface area (Å²) in [5, 5.41) is 13.2. The van der Waals surface area contributed by atoms with E-state index in [1.54, 1.807) is 6.07 Å². The highest BCUT2D eigenvalue weighted by Gasteiger charge is 2.12. The average Bonchev–Trinajstić information content (AvgIpc) is 2.43. The maximum absolute atomic E-state index is 9.78. The number of phenolic OH excluding ortho intramolecular Hbond substituents is 1. The number of aryl methyl sites for hydroxylation is 2. The highest BCUT2D eigenvalue weighted by molar-refractivity contribution is 5.66. The first-order valence-electron chi connectivity index (χ1n) is 6.91. The summed E-state index contributed by atoms with van der Waals surface area (Å²) < 4.78 is 0. The van der Waals surface area contributed by atoms with Crippen LogP contribution in [0.25, 0.3) is 0 Å². The zero-order valence-corrected chi connectivity index (χ0v) is 11.2. The van der Waals surface area contributed by atoms with E-state index in [-0.39, 0.29) is 0 Å². The van der Waals surface area contributed by atoms with Crippen molar-refractivity contribution in [1.29, 1.82) is 0 Å². The molecule has 0 spiro atoms. The Morgan fingerprint density at radius 2 is 1.89 bits per heavy atom. The molecule has 0 aliphatic heterocycles. The highest BCUT2D eigenvalue weighted by Crippen LogP contribution is 2.31. The van der Waals surface area contributed by atoms with Gasteiger partial charge in [0.15, 0.2) is 0 Å². The molecule has 1 aliphatic carbocycles. The van der Waals surface area contributed by atoms with Gasteiger partial charge in [-0.25, -0.2) is 0 Å². The molecule has 1 aliphatic rings. The van der Waals surface area contributed by atoms with Crippen LogP contribution in [-0.4, -0.2) is 5.11 Å². The molecular formula is C17H19NO. The lowest BCUT2D eigenvalue weighted by molar-refractivity contribution is 0.471. The highest BCUT2D eigenvalue weighted by atomic mass is 16.3. The van der Waals surface area contributed by atoms with Crippen LogP contribution in [-0.2, 0) is 12.8 Å². The first kappa shape index (κ1) is 12.1. The quantitative estimate of drug-likeness (QED) is 0.835. The van der Waals surface area contributed by atoms with Crippen molar-refractivity contribution < 1.29 is 5.11 Å². The smallest absolute Gasteiger partial charge is 0.120 e. The van der Waals surface area contributed by atoms with Gasteiger partial charge in [-0.2, -0.15) is 0 Å². The van der Waals surface area contributed by atoms with Crippen LogP contribution in [0.1, 0.15) is 29.5 Å². The Kier molecular flexibility index (Phi) is 3.16. The molecule has 2 nitrogen and oxygen atoms in total. The summed E-state index contributed by atoms with van der Waals surface area (Å²) in [5.41, 5.74) is 5.93. The first-order valence-corrected chi connectivity index (χ1v) is 6.91. The maximum Gasteiger partial charge on any atom is 0.120 e. The lowest BCUT2D eigenvalue weighted by Gasteiger charge is -2.20. The second-order valence-electron chi connectivity index (χ2n) is 5.28. The number of rotatable bonds is 2. The van der Waals surface area contributed by atoms with Crippen LogP contribution in [0.2, 0.25) is 0 Å². The second kappa shape index (κ2) is 4.96. The Morgan fingerprint density at radius 1 is 1.05 bits per heavy atom. The number of aromatic hydroxyl groups is 1. The minimum Gasteiger partial charge on any atom is -0.508 e. The van der Waals surface area contributed by atoms with Gasteiger partial charge in [-0.1, -0.05) is 18.2 Å². The van der Waals surface area contributed by atoms with Gasteiger partial charge in [0.25, 0.3) is 0 Å². The Labute approximate surface area is 114 Å². The third-order valence-corrected chi connectivity index (χ3v) is 3.88. The van der Waals surface area contributed by atoms with Crippen LogP contribution in [0.3, 0.4) is 0 Å². The van der Waals surface area contributed by atoms with E-state index in [9.17, 15) is 5.11 Å². The molecule has 19 heavy (non-hydrogen) atoms. The molecule has 0 fully saturated rings. The molecule has 0 saturated carbocycles. The van der Waals surface area contributed by atoms with Crippen molar-refractivity contribution in [3.8, 4) is 5.75 Å². The average molecular weight is 253 g/mol. The lowest BCUT2D eigenvalue weighted by Crippen LogP contribution is -2.06. The molecule has 2 N–H and O–H groups in total. The zero-order valence-electron chi connectivity index (χ0n) is 11.2. The number of anilines is 2. The molecule has 0 radical (unpaired) electrons. The van der Waals surface area contributed by atoms with Crippen LogP contribution in [0.5, 0.6) is 5.75 Å². The summed E-state index contributed by atoms with van der Waals surface area (Å²) in [4.78, 5) is 0. The van der Waals surface area contributed by atoms with Crippen molar-refractivity contribution in [2.45, 2.75) is 32.6 Å². The van der Waals surface area contributed by atoms with Gasteiger partial charge in [-0.15, -0.1) is 0 Å². The lowest BCUT2D eigenvalue weighted by atomic mass is 9.90. The van der Waals surface area contributed by atoms with Crippen molar-refractivity contribution >= 4 is 11.4 Å². The van der Waals surface area contributed by atoms with Gasteiger partial charge in [0.2, 0.25) is 0 Å². The maximum atomic E-state index is 9.78. The number of hydrogen-bond donors (Lipinski definition) is 2. The van der Waals surface area contributed by atoms with E-state index in [2.05, 4.69) is 23.5 Å². The number of nitrogens with one attached hydrogen (secondary N) is 1. The van der Waals surface area contributed by atoms with E-state index in [0.717, 1.165) is 17.7 Å². The molecule has 0 bridgehead atoms. The van der Waals surface area contributed by atoms with Gasteiger partial charge < -0.3 is 10.4 Å². The Morgan fingerprint density at radius 3 is 2.74 bits per heavy atom. The largest absolute Gasteiger partial charge is 0.508 e. The van der Waals surface area contributed by atoms with Gasteiger partial charge in [0.05, 0.1) is 0 Å². The van der Waals surface area contributed by atoms with Crippen molar-refractivity contribution in [1.82, 2.24) is 0 Å². The van der Waals surface area contributed by atoms with Crippen molar-refractivity contribution in [2.75, 3.05) is 5.32 Å². The molecule has 0 saturated heterocycles. The molecule has 2 aromatic rings. The zero-order chi connectivity index (χ0) is 13.2. The van der Waals surface area contributed by atoms with Gasteiger partial charge in [0, 0.05) is 17.4 Å². The molecule has 2 aromatic carbocycles. The van der Waals surface area contributed by atoms with Gasteiger partial charge in [-0.3, -0.25) is 0 Å². The van der Waals surface area contributed by atoms with Gasteiger partial charge in [0.1, 0.15) is 5.75 Å². The van der Waals surface area contributed by atoms with Crippen LogP contribution in [0.15, 0.2) is 36.4 Å². The van der Waals surface area contributed by atoms with Gasteiger partial charge >= 0.3 is 0 Å². The molecule has 0 unspecified atom stereocenters. The Balaban J connectivity index is 1.92. The normalized spacial score (nSPS) is 13.9. The van der Waals surface area contributed by atoms with E-state index in [1.165, 1.54) is 36.1 Å². The van der Waals surface area contributed by atoms with Crippen molar-refractivity contribution in [3.63, 3.8) is 0 Å². The fourth-order valence-corrected chi connectivity index (χ4v) is 2.74. The molecular weight excluding hydrogens is 234 g/mol. The fourth-order valence-electron chi connectivity index (χ4n) is 2.74. The van der Waals surface area contributed by atoms with Crippen LogP contribution >= 0.6 is 0 Å². The molecule has 0 amide bonds. The monoisotopic (exact) mass is 253 g/mol. The summed E-state index contributed by atoms with van der Waals surface area (Å²) in [7, 11) is 0. The summed E-state index contributed by atoms with van der Waals surface area (Å²) in [5.74, 6) is 0.342. The second-order valence-corrected chi connectivity index (χ2v) is 5.28. The topological polar surface area (TPSA) is 32.3 Å². The molecule has 2 heteroatoms. The van der Waals surface area contributed by atoms with Crippen LogP contribution in [0, 0.1) is 6.92 Å². The predicted molar refractivity (Wildman–Crippen MR) is 79.2 cm³/mol. The minimum absolute atomic E-state index is 0.342. The molecule has 0 aromatic heterocycles. The summed E-state index contributed by atoms with van der Waals surface area (Å²) in [6, 6.07) is 12.2. The molecule has 98 valence electrons. The van der Waals surface area contributed by atoms with Crippen LogP contribution in [0.4, 0.5) is 11.4 Å². The third kappa shape index (κ3) is 2.43.